The smallest absolute Gasteiger partial charge is 0.293 e. The molecule has 0 saturated carbocycles. The molecule has 2 aromatic rings. The van der Waals surface area contributed by atoms with Crippen molar-refractivity contribution in [1.29, 1.82) is 0 Å². The zero-order valence-electron chi connectivity index (χ0n) is 10.8. The van der Waals surface area contributed by atoms with E-state index >= 15 is 0 Å². The number of halogens is 1. The first-order valence-corrected chi connectivity index (χ1v) is 7.31. The van der Waals surface area contributed by atoms with Crippen LogP contribution in [0, 0.1) is 24.0 Å². The number of hydrogen-bond donors (Lipinski definition) is 1. The van der Waals surface area contributed by atoms with E-state index in [2.05, 4.69) is 21.2 Å². The highest BCUT2D eigenvalue weighted by atomic mass is 79.9. The van der Waals surface area contributed by atoms with Gasteiger partial charge >= 0.3 is 0 Å². The van der Waals surface area contributed by atoms with E-state index in [0.29, 0.717) is 4.88 Å². The fraction of sp³-hybridized carbons (Fsp3) is 0.154. The molecule has 0 fully saturated rings. The Morgan fingerprint density at radius 1 is 1.30 bits per heavy atom. The van der Waals surface area contributed by atoms with Crippen LogP contribution in [0.3, 0.4) is 0 Å². The summed E-state index contributed by atoms with van der Waals surface area (Å²) in [5.74, 6) is -0.355. The highest BCUT2D eigenvalue weighted by Gasteiger charge is 2.18. The van der Waals surface area contributed by atoms with Crippen LogP contribution in [-0.2, 0) is 0 Å². The van der Waals surface area contributed by atoms with Gasteiger partial charge in [-0.15, -0.1) is 11.3 Å². The molecule has 5 nitrogen and oxygen atoms in total. The molecule has 0 aliphatic heterocycles. The third kappa shape index (κ3) is 3.05. The number of rotatable bonds is 3. The molecule has 2 rings (SSSR count). The number of amides is 1. The zero-order chi connectivity index (χ0) is 14.9. The molecular formula is C13H11BrN2O3S. The molecule has 0 bridgehead atoms. The number of nitrogens with zero attached hydrogens (tertiary/aromatic N) is 1. The van der Waals surface area contributed by atoms with E-state index in [4.69, 9.17) is 0 Å². The van der Waals surface area contributed by atoms with Gasteiger partial charge in [0.05, 0.1) is 13.6 Å². The minimum absolute atomic E-state index is 0.0999. The van der Waals surface area contributed by atoms with Gasteiger partial charge in [0.1, 0.15) is 5.69 Å². The highest BCUT2D eigenvalue weighted by Crippen LogP contribution is 2.29. The third-order valence-electron chi connectivity index (χ3n) is 2.85. The van der Waals surface area contributed by atoms with E-state index in [-0.39, 0.29) is 17.3 Å². The lowest BCUT2D eigenvalue weighted by Gasteiger charge is -2.08. The van der Waals surface area contributed by atoms with Crippen LogP contribution in [0.25, 0.3) is 0 Å². The maximum absolute atomic E-state index is 12.1. The van der Waals surface area contributed by atoms with Gasteiger partial charge in [-0.1, -0.05) is 0 Å². The molecule has 1 aromatic heterocycles. The topological polar surface area (TPSA) is 72.2 Å². The second-order valence-electron chi connectivity index (χ2n) is 4.27. The fourth-order valence-electron chi connectivity index (χ4n) is 1.67. The van der Waals surface area contributed by atoms with Gasteiger partial charge in [-0.3, -0.25) is 14.9 Å². The predicted octanol–water partition coefficient (Wildman–Crippen LogP) is 4.29. The summed E-state index contributed by atoms with van der Waals surface area (Å²) < 4.78 is 0.831. The summed E-state index contributed by atoms with van der Waals surface area (Å²) in [5, 5.41) is 13.7. The SMILES string of the molecule is Cc1cc(NC(=O)c2ccc(Br)s2)c([N+](=O)[O-])cc1C. The Labute approximate surface area is 127 Å². The Bertz CT molecular complexity index is 697. The van der Waals surface area contributed by atoms with E-state index in [1.165, 1.54) is 17.4 Å². The number of hydrogen-bond acceptors (Lipinski definition) is 4. The van der Waals surface area contributed by atoms with Crippen LogP contribution in [-0.4, -0.2) is 10.8 Å². The molecule has 0 spiro atoms. The number of carbonyl (C=O) groups is 1. The molecule has 20 heavy (non-hydrogen) atoms. The molecule has 1 heterocycles. The first kappa shape index (κ1) is 14.7. The number of aryl methyl sites for hydroxylation is 2. The van der Waals surface area contributed by atoms with Crippen LogP contribution in [0.2, 0.25) is 0 Å². The van der Waals surface area contributed by atoms with Crippen molar-refractivity contribution in [2.45, 2.75) is 13.8 Å². The van der Waals surface area contributed by atoms with Crippen molar-refractivity contribution in [2.75, 3.05) is 5.32 Å². The monoisotopic (exact) mass is 354 g/mol. The normalized spacial score (nSPS) is 10.3. The van der Waals surface area contributed by atoms with Crippen molar-refractivity contribution in [2.24, 2.45) is 0 Å². The summed E-state index contributed by atoms with van der Waals surface area (Å²) in [7, 11) is 0. The minimum Gasteiger partial charge on any atom is -0.316 e. The van der Waals surface area contributed by atoms with Crippen molar-refractivity contribution in [3.63, 3.8) is 0 Å². The highest BCUT2D eigenvalue weighted by molar-refractivity contribution is 9.11. The first-order valence-electron chi connectivity index (χ1n) is 5.71. The molecule has 0 unspecified atom stereocenters. The van der Waals surface area contributed by atoms with Crippen molar-refractivity contribution in [3.8, 4) is 0 Å². The van der Waals surface area contributed by atoms with Crippen LogP contribution in [0.1, 0.15) is 20.8 Å². The Kier molecular flexibility index (Phi) is 4.20. The minimum atomic E-state index is -0.494. The molecule has 7 heteroatoms. The molecule has 0 saturated heterocycles. The Balaban J connectivity index is 2.35. The van der Waals surface area contributed by atoms with Gasteiger partial charge in [0.2, 0.25) is 0 Å². The maximum Gasteiger partial charge on any atom is 0.293 e. The first-order chi connectivity index (χ1) is 9.38. The largest absolute Gasteiger partial charge is 0.316 e. The van der Waals surface area contributed by atoms with Gasteiger partial charge in [0, 0.05) is 6.07 Å². The molecule has 0 atom stereocenters. The Morgan fingerprint density at radius 2 is 1.95 bits per heavy atom. The van der Waals surface area contributed by atoms with Gasteiger partial charge in [-0.25, -0.2) is 0 Å². The number of carbonyl (C=O) groups excluding carboxylic acids is 1. The molecule has 1 amide bonds. The van der Waals surface area contributed by atoms with Gasteiger partial charge < -0.3 is 5.32 Å². The Morgan fingerprint density at radius 3 is 2.50 bits per heavy atom. The van der Waals surface area contributed by atoms with Crippen molar-refractivity contribution < 1.29 is 9.72 Å². The summed E-state index contributed by atoms with van der Waals surface area (Å²) in [6, 6.07) is 6.51. The van der Waals surface area contributed by atoms with Crippen molar-refractivity contribution in [3.05, 3.63) is 54.2 Å². The summed E-state index contributed by atoms with van der Waals surface area (Å²) in [5.41, 5.74) is 1.82. The standard InChI is InChI=1S/C13H11BrN2O3S/c1-7-5-9(10(16(18)19)6-8(7)2)15-13(17)11-3-4-12(14)20-11/h3-6H,1-2H3,(H,15,17). The van der Waals surface area contributed by atoms with E-state index in [0.717, 1.165) is 14.9 Å². The lowest BCUT2D eigenvalue weighted by atomic mass is 10.1. The average Bonchev–Trinajstić information content (AvgIpc) is 2.80. The molecule has 104 valence electrons. The lowest BCUT2D eigenvalue weighted by Crippen LogP contribution is -2.12. The van der Waals surface area contributed by atoms with Gasteiger partial charge in [-0.2, -0.15) is 0 Å². The number of benzene rings is 1. The number of thiophene rings is 1. The number of nitro groups is 1. The predicted molar refractivity (Wildman–Crippen MR) is 82.5 cm³/mol. The maximum atomic E-state index is 12.1. The van der Waals surface area contributed by atoms with Crippen LogP contribution < -0.4 is 5.32 Å². The molecule has 1 aromatic carbocycles. The van der Waals surface area contributed by atoms with Crippen molar-refractivity contribution >= 4 is 44.5 Å². The molecule has 0 radical (unpaired) electrons. The van der Waals surface area contributed by atoms with Crippen LogP contribution in [0.5, 0.6) is 0 Å². The van der Waals surface area contributed by atoms with Crippen LogP contribution in [0.4, 0.5) is 11.4 Å². The van der Waals surface area contributed by atoms with Gasteiger partial charge in [0.25, 0.3) is 11.6 Å². The number of anilines is 1. The van der Waals surface area contributed by atoms with Crippen molar-refractivity contribution in [1.82, 2.24) is 0 Å². The third-order valence-corrected chi connectivity index (χ3v) is 4.48. The number of nitro benzene ring substituents is 1. The van der Waals surface area contributed by atoms with Gasteiger partial charge in [-0.05, 0) is 59.1 Å². The zero-order valence-corrected chi connectivity index (χ0v) is 13.2. The molecule has 0 aliphatic rings. The van der Waals surface area contributed by atoms with E-state index < -0.39 is 4.92 Å². The molecule has 0 aliphatic carbocycles. The van der Waals surface area contributed by atoms with Crippen LogP contribution in [0.15, 0.2) is 28.1 Å². The van der Waals surface area contributed by atoms with Crippen LogP contribution >= 0.6 is 27.3 Å². The second kappa shape index (κ2) is 5.72. The molecule has 1 N–H and O–H groups in total. The summed E-state index contributed by atoms with van der Waals surface area (Å²) in [6.07, 6.45) is 0. The summed E-state index contributed by atoms with van der Waals surface area (Å²) >= 11 is 4.55. The quantitative estimate of drug-likeness (QED) is 0.660. The lowest BCUT2D eigenvalue weighted by molar-refractivity contribution is -0.384. The average molecular weight is 355 g/mol. The Hall–Kier alpha value is -1.73. The number of nitrogens with one attached hydrogen (secondary N) is 1. The van der Waals surface area contributed by atoms with E-state index in [1.807, 2.05) is 6.92 Å². The summed E-state index contributed by atoms with van der Waals surface area (Å²) in [4.78, 5) is 23.1. The summed E-state index contributed by atoms with van der Waals surface area (Å²) in [6.45, 7) is 3.64. The molecular weight excluding hydrogens is 344 g/mol. The second-order valence-corrected chi connectivity index (χ2v) is 6.73. The van der Waals surface area contributed by atoms with E-state index in [1.54, 1.807) is 25.1 Å². The fourth-order valence-corrected chi connectivity index (χ4v) is 2.95. The van der Waals surface area contributed by atoms with Gasteiger partial charge in [0.15, 0.2) is 0 Å². The van der Waals surface area contributed by atoms with E-state index in [9.17, 15) is 14.9 Å².